The van der Waals surface area contributed by atoms with Crippen molar-refractivity contribution < 1.29 is 256 Å². The third kappa shape index (κ3) is 20.0. The number of nitrogens with zero attached hydrogens (tertiary/aromatic N) is 8. The van der Waals surface area contributed by atoms with Gasteiger partial charge in [-0.2, -0.15) is 0 Å². The molecule has 40 atom stereocenters. The van der Waals surface area contributed by atoms with E-state index in [-0.39, 0.29) is 114 Å². The van der Waals surface area contributed by atoms with Gasteiger partial charge in [0.2, 0.25) is 0 Å². The molecule has 10 aliphatic rings. The molecule has 0 radical (unpaired) electrons. The minimum absolute atomic E-state index is 0. The average Bonchev–Trinajstić information content (AvgIpc) is 1.56. The fraction of sp³-hybridized carbons (Fsp3) is 0.600. The number of benzene rings is 4. The van der Waals surface area contributed by atoms with Crippen molar-refractivity contribution in [3.8, 4) is 45.6 Å². The van der Waals surface area contributed by atoms with E-state index in [1.165, 1.54) is 0 Å². The summed E-state index contributed by atoms with van der Waals surface area (Å²) in [5, 5.41) is 349. The number of halogens is 8. The summed E-state index contributed by atoms with van der Waals surface area (Å²) in [6.07, 6.45) is -72.0. The second kappa shape index (κ2) is 45.1. The predicted octanol–water partition coefficient (Wildman–Crippen LogP) is -9.63. The molecule has 0 unspecified atom stereocenters. The quantitative estimate of drug-likeness (QED) is 0.0197. The molecule has 7 aromatic rings. The van der Waals surface area contributed by atoms with Crippen LogP contribution in [0.4, 0.5) is 35.1 Å². The number of hydrogen-bond acceptors (Lipinski definition) is 54. The van der Waals surface area contributed by atoms with Crippen LogP contribution >= 0.6 is 94.1 Å². The maximum atomic E-state index is 19.8. The number of aliphatic hydroxyl groups is 32. The number of fused-ring (bicyclic) bond motifs is 20. The summed E-state index contributed by atoms with van der Waals surface area (Å²) in [5.41, 5.74) is -30.5. The van der Waals surface area contributed by atoms with Gasteiger partial charge in [-0.05, 0) is 0 Å². The molecular formula is C80H88F8N8O40S8Zn. The van der Waals surface area contributed by atoms with E-state index >= 15 is 35.1 Å². The Labute approximate surface area is 851 Å². The van der Waals surface area contributed by atoms with E-state index in [0.29, 0.717) is 0 Å². The van der Waals surface area contributed by atoms with Gasteiger partial charge in [-0.15, -0.1) is 0 Å². The molecule has 10 aliphatic heterocycles. The van der Waals surface area contributed by atoms with Crippen LogP contribution in [0, 0.1) is 46.5 Å². The molecule has 8 fully saturated rings. The van der Waals surface area contributed by atoms with E-state index in [9.17, 15) is 163 Å². The van der Waals surface area contributed by atoms with Crippen molar-refractivity contribution >= 4 is 138 Å². The molecule has 0 aliphatic carbocycles. The summed E-state index contributed by atoms with van der Waals surface area (Å²) in [7, 11) is 0. The van der Waals surface area contributed by atoms with Gasteiger partial charge in [-0.1, -0.05) is 94.1 Å². The average molecular weight is 2280 g/mol. The van der Waals surface area contributed by atoms with Gasteiger partial charge < -0.3 is 231 Å². The third-order valence-electron chi connectivity index (χ3n) is 25.3. The molecule has 17 rings (SSSR count). The van der Waals surface area contributed by atoms with Crippen LogP contribution < -0.4 is 9.97 Å². The fourth-order valence-electron chi connectivity index (χ4n) is 17.2. The minimum Gasteiger partial charge on any atom is -0.394 e. The van der Waals surface area contributed by atoms with Crippen molar-refractivity contribution in [1.29, 1.82) is 0 Å². The standard InChI is InChI=1S/C80H88F8N8O40S8.Zn/c81-25-17-18(26(82)58(138-74-50(122)42(114)34(106)10(2-98)130-74)57(25)137-73-49(121)41(113)33(105)9(1-97)129-73)66-89-65(17)93-67-19-20(28(84)60(140-76-52(124)44(116)36(108)12(4-100)132-76)59(27(19)83)139-75-51(123)43(115)35(107)11(3-99)131-75)69(90-67)95-71-23-24(32(88)64(144-80-56(128)48(120)40(112)16(8-104)136-80)63(31(23)87)143-79-55(127)47(119)39(111)15(7-103)135-79)72(92-71)96-70-22-21(68(91-70)94-66)29(85)61(141-77-53(125)45(117)37(109)13(5-101)133-77)62(30(22)86)142-78-54(126)46(118)38(110)14(6-102)134-78;/h9-16,33-56,73-80,97-128H,1-8H2;/q-2;+2/t9-,10-,11-,12-,13-,14-,15-,16-,33-,34-,35-,36-,37-,38-,39-,40-,41+,42+,43+,44+,45+,46+,47+,48+,49-,50-,51-,52-,53-,54-,55-,56-,73+,74+,75+,76+,77+,78+,79+,80+;/m1./s1. The van der Waals surface area contributed by atoms with Crippen LogP contribution in [-0.2, 0) is 57.4 Å². The number of aromatic nitrogens is 8. The van der Waals surface area contributed by atoms with Crippen LogP contribution in [-0.4, -0.2) is 485 Å². The Morgan fingerprint density at radius 3 is 0.434 bits per heavy atom. The van der Waals surface area contributed by atoms with Gasteiger partial charge in [0, 0.05) is 44.1 Å². The van der Waals surface area contributed by atoms with Gasteiger partial charge in [0.15, 0.2) is 0 Å². The molecule has 8 saturated heterocycles. The first kappa shape index (κ1) is 113. The Morgan fingerprint density at radius 2 is 0.310 bits per heavy atom. The summed E-state index contributed by atoms with van der Waals surface area (Å²) in [4.78, 5) is 24.3. The first-order chi connectivity index (χ1) is 68.3. The number of ether oxygens (including phenoxy) is 8. The maximum absolute atomic E-state index is 19.8. The monoisotopic (exact) mass is 2270 g/mol. The number of hydrogen-bond donors (Lipinski definition) is 32. The van der Waals surface area contributed by atoms with Crippen LogP contribution in [0.25, 0.3) is 89.7 Å². The first-order valence-corrected chi connectivity index (χ1v) is 50.1. The molecule has 0 saturated carbocycles. The predicted molar refractivity (Wildman–Crippen MR) is 471 cm³/mol. The fourth-order valence-corrected chi connectivity index (χ4v) is 27.5. The summed E-state index contributed by atoms with van der Waals surface area (Å²) < 4.78 is 204. The van der Waals surface area contributed by atoms with Crippen LogP contribution in [0.5, 0.6) is 0 Å². The van der Waals surface area contributed by atoms with Crippen molar-refractivity contribution in [2.24, 2.45) is 0 Å². The van der Waals surface area contributed by atoms with E-state index in [1.54, 1.807) is 0 Å². The van der Waals surface area contributed by atoms with Crippen LogP contribution in [0.1, 0.15) is 0 Å². The summed E-state index contributed by atoms with van der Waals surface area (Å²) in [5.74, 6) is -22.4. The van der Waals surface area contributed by atoms with Crippen molar-refractivity contribution in [3.63, 3.8) is 0 Å². The molecule has 0 spiro atoms. The van der Waals surface area contributed by atoms with Gasteiger partial charge in [0.25, 0.3) is 0 Å². The molecule has 8 bridgehead atoms. The van der Waals surface area contributed by atoms with E-state index < -0.39 is 467 Å². The van der Waals surface area contributed by atoms with Crippen molar-refractivity contribution in [3.05, 3.63) is 46.5 Å². The Bertz CT molecular complexity index is 5450. The van der Waals surface area contributed by atoms with Gasteiger partial charge in [0.1, 0.15) is 285 Å². The first-order valence-electron chi connectivity index (χ1n) is 43.0. The van der Waals surface area contributed by atoms with Crippen molar-refractivity contribution in [2.75, 3.05) is 52.9 Å². The summed E-state index contributed by atoms with van der Waals surface area (Å²) in [6.45, 7) is -9.82. The molecule has 13 heterocycles. The van der Waals surface area contributed by atoms with E-state index in [0.717, 1.165) is 0 Å². The zero-order chi connectivity index (χ0) is 104. The molecule has 65 heteroatoms. The SMILES string of the molecule is OC[C@H]1O[C@@H](Sc2c(F)c3c(c(F)c2S[C@@H]2O[C@H](CO)[C@@H](O)[C@H](O)[C@H]2O)-c2nc-3nc3[n-]c(nc4nc(nc5[n-]c(n2)c2c(F)c(S[C@@H]6O[C@H](CO)[C@@H](O)[C@H](O)[C@H]6O)c(S[C@@H]6O[C@H](CO)[C@@H](O)[C@H](O)[C@H]6O)c(F)c52)-c2c(F)c(S[C@@H]5O[C@H](CO)[C@@H](O)[C@H](O)[C@H]5O)c(S[C@@H]5O[C@H](CO)[C@@H](O)[C@H](O)[C@H]5O)c(F)c2-4)c2c(F)c(S[C@@H]4O[C@H](CO)[C@@H](O)[C@H](O)[C@H]4O)c(S[C@@H]4O[C@H](CO)[C@@H](O)[C@H](O)[C@H]4O)c(F)c32)[C@H](O)[C@@H](O)[C@@H]1O.[Zn+2]. The van der Waals surface area contributed by atoms with E-state index in [4.69, 9.17) is 37.9 Å². The van der Waals surface area contributed by atoms with Gasteiger partial charge in [-0.3, -0.25) is 0 Å². The molecule has 4 aromatic carbocycles. The maximum Gasteiger partial charge on any atom is 2.00 e. The largest absolute Gasteiger partial charge is 2.00 e. The normalized spacial score (nSPS) is 37.7. The zero-order valence-electron chi connectivity index (χ0n) is 72.9. The molecule has 145 heavy (non-hydrogen) atoms. The van der Waals surface area contributed by atoms with Crippen molar-refractivity contribution in [2.45, 2.75) is 278 Å². The second-order valence-electron chi connectivity index (χ2n) is 34.1. The van der Waals surface area contributed by atoms with Gasteiger partial charge in [-0.25, -0.2) is 45.1 Å². The third-order valence-corrected chi connectivity index (χ3v) is 35.8. The smallest absolute Gasteiger partial charge is 0.394 e. The Balaban J connectivity index is 0.0000151. The van der Waals surface area contributed by atoms with Crippen LogP contribution in [0.15, 0.2) is 39.2 Å². The number of aliphatic hydroxyl groups excluding tert-OH is 32. The topological polar surface area (TPSA) is 827 Å². The molecule has 32 N–H and O–H groups in total. The second-order valence-corrected chi connectivity index (χ2v) is 43.0. The summed E-state index contributed by atoms with van der Waals surface area (Å²) in [6, 6.07) is 0. The van der Waals surface area contributed by atoms with Gasteiger partial charge >= 0.3 is 19.5 Å². The minimum atomic E-state index is -2.48. The molecule has 0 amide bonds. The van der Waals surface area contributed by atoms with Crippen LogP contribution in [0.3, 0.4) is 0 Å². The Morgan fingerprint density at radius 1 is 0.186 bits per heavy atom. The molecule has 794 valence electrons. The van der Waals surface area contributed by atoms with E-state index in [1.807, 2.05) is 0 Å². The van der Waals surface area contributed by atoms with Gasteiger partial charge in [0.05, 0.1) is 138 Å². The molecule has 48 nitrogen and oxygen atoms in total. The number of thioether (sulfide) groups is 8. The Kier molecular flexibility index (Phi) is 35.2. The van der Waals surface area contributed by atoms with E-state index in [2.05, 4.69) is 39.9 Å². The van der Waals surface area contributed by atoms with Crippen molar-refractivity contribution in [1.82, 2.24) is 39.9 Å². The summed E-state index contributed by atoms with van der Waals surface area (Å²) >= 11 is -1.40. The molecule has 3 aromatic heterocycles. The van der Waals surface area contributed by atoms with Crippen LogP contribution in [0.2, 0.25) is 0 Å². The Hall–Kier alpha value is -4.50. The molecular weight excluding hydrogens is 2190 g/mol. The zero-order valence-corrected chi connectivity index (χ0v) is 82.4. The number of rotatable bonds is 24.